The van der Waals surface area contributed by atoms with Gasteiger partial charge in [0.1, 0.15) is 11.6 Å². The first-order valence-corrected chi connectivity index (χ1v) is 10.3. The maximum absolute atomic E-state index is 13.0. The quantitative estimate of drug-likeness (QED) is 0.307. The molecule has 1 aliphatic rings. The van der Waals surface area contributed by atoms with Crippen molar-refractivity contribution in [1.82, 2.24) is 20.5 Å². The first-order valence-electron chi connectivity index (χ1n) is 10.3. The number of benzene rings is 1. The minimum Gasteiger partial charge on any atom is -0.439 e. The number of likely N-dealkylation sites (N-methyl/N-ethyl adjacent to an activating group) is 1. The maximum Gasteiger partial charge on any atom is 0.219 e. The molecule has 2 aromatic rings. The molecule has 0 bridgehead atoms. The van der Waals surface area contributed by atoms with Gasteiger partial charge in [-0.3, -0.25) is 4.90 Å². The van der Waals surface area contributed by atoms with Gasteiger partial charge in [-0.15, -0.1) is 24.0 Å². The Morgan fingerprint density at radius 3 is 2.67 bits per heavy atom. The number of pyridine rings is 1. The fraction of sp³-hybridized carbons (Fsp3) is 0.455. The molecular weight excluding hydrogens is 496 g/mol. The van der Waals surface area contributed by atoms with Crippen molar-refractivity contribution in [1.29, 1.82) is 0 Å². The first kappa shape index (κ1) is 24.3. The van der Waals surface area contributed by atoms with E-state index in [1.165, 1.54) is 31.5 Å². The van der Waals surface area contributed by atoms with Gasteiger partial charge in [0.15, 0.2) is 5.96 Å². The van der Waals surface area contributed by atoms with Crippen LogP contribution in [0.3, 0.4) is 0 Å². The number of rotatable bonds is 8. The molecule has 1 atom stereocenters. The summed E-state index contributed by atoms with van der Waals surface area (Å²) in [6, 6.07) is 10.2. The molecule has 1 aromatic carbocycles. The third-order valence-corrected chi connectivity index (χ3v) is 5.01. The average Bonchev–Trinajstić information content (AvgIpc) is 3.20. The normalized spacial score (nSPS) is 16.8. The van der Waals surface area contributed by atoms with Crippen molar-refractivity contribution >= 4 is 29.9 Å². The molecule has 1 aliphatic heterocycles. The smallest absolute Gasteiger partial charge is 0.219 e. The number of likely N-dealkylation sites (tertiary alicyclic amines) is 1. The summed E-state index contributed by atoms with van der Waals surface area (Å²) in [5.74, 6) is 1.55. The van der Waals surface area contributed by atoms with Crippen molar-refractivity contribution in [2.45, 2.75) is 39.3 Å². The largest absolute Gasteiger partial charge is 0.439 e. The van der Waals surface area contributed by atoms with Crippen molar-refractivity contribution < 1.29 is 9.13 Å². The summed E-state index contributed by atoms with van der Waals surface area (Å²) in [7, 11) is 0. The van der Waals surface area contributed by atoms with Crippen LogP contribution in [0.4, 0.5) is 4.39 Å². The van der Waals surface area contributed by atoms with E-state index in [1.54, 1.807) is 24.4 Å². The fourth-order valence-corrected chi connectivity index (χ4v) is 3.46. The van der Waals surface area contributed by atoms with Crippen LogP contribution in [-0.4, -0.2) is 48.1 Å². The summed E-state index contributed by atoms with van der Waals surface area (Å²) in [6.07, 6.45) is 4.26. The maximum atomic E-state index is 13.0. The Labute approximate surface area is 195 Å². The van der Waals surface area contributed by atoms with E-state index in [0.29, 0.717) is 24.2 Å². The minimum atomic E-state index is -0.293. The third-order valence-electron chi connectivity index (χ3n) is 5.01. The molecule has 1 fully saturated rings. The van der Waals surface area contributed by atoms with Crippen LogP contribution in [0.25, 0.3) is 0 Å². The molecule has 1 unspecified atom stereocenters. The van der Waals surface area contributed by atoms with Crippen molar-refractivity contribution in [3.63, 3.8) is 0 Å². The van der Waals surface area contributed by atoms with Crippen LogP contribution < -0.4 is 15.4 Å². The molecule has 164 valence electrons. The number of hydrogen-bond donors (Lipinski definition) is 2. The number of aromatic nitrogens is 1. The molecule has 1 aromatic heterocycles. The molecule has 0 saturated carbocycles. The molecule has 0 spiro atoms. The van der Waals surface area contributed by atoms with Crippen LogP contribution in [0, 0.1) is 5.82 Å². The van der Waals surface area contributed by atoms with Crippen LogP contribution in [0.15, 0.2) is 47.6 Å². The van der Waals surface area contributed by atoms with Gasteiger partial charge in [-0.2, -0.15) is 0 Å². The Morgan fingerprint density at radius 1 is 1.20 bits per heavy atom. The molecule has 2 N–H and O–H groups in total. The van der Waals surface area contributed by atoms with Gasteiger partial charge in [0.2, 0.25) is 5.88 Å². The highest BCUT2D eigenvalue weighted by Crippen LogP contribution is 2.19. The van der Waals surface area contributed by atoms with E-state index in [4.69, 9.17) is 4.74 Å². The summed E-state index contributed by atoms with van der Waals surface area (Å²) in [6.45, 7) is 8.81. The number of halogens is 2. The summed E-state index contributed by atoms with van der Waals surface area (Å²) in [5, 5.41) is 6.77. The van der Waals surface area contributed by atoms with Gasteiger partial charge >= 0.3 is 0 Å². The van der Waals surface area contributed by atoms with Gasteiger partial charge in [-0.05, 0) is 62.7 Å². The van der Waals surface area contributed by atoms with Gasteiger partial charge < -0.3 is 15.4 Å². The summed E-state index contributed by atoms with van der Waals surface area (Å²) >= 11 is 0. The first-order chi connectivity index (χ1) is 14.2. The molecule has 2 heterocycles. The highest BCUT2D eigenvalue weighted by atomic mass is 127. The van der Waals surface area contributed by atoms with Crippen molar-refractivity contribution in [2.75, 3.05) is 26.2 Å². The molecule has 0 aliphatic carbocycles. The highest BCUT2D eigenvalue weighted by Gasteiger charge is 2.22. The predicted molar refractivity (Wildman–Crippen MR) is 129 cm³/mol. The van der Waals surface area contributed by atoms with Crippen molar-refractivity contribution in [2.24, 2.45) is 4.99 Å². The van der Waals surface area contributed by atoms with Gasteiger partial charge in [0, 0.05) is 31.4 Å². The number of aliphatic imine (C=N–C) groups is 1. The lowest BCUT2D eigenvalue weighted by Crippen LogP contribution is -2.44. The number of nitrogens with one attached hydrogen (secondary N) is 2. The molecule has 1 saturated heterocycles. The van der Waals surface area contributed by atoms with E-state index in [9.17, 15) is 4.39 Å². The molecule has 0 amide bonds. The Balaban J connectivity index is 0.00000320. The molecule has 6 nitrogen and oxygen atoms in total. The Kier molecular flexibility index (Phi) is 10.3. The Bertz CT molecular complexity index is 785. The van der Waals surface area contributed by atoms with Crippen molar-refractivity contribution in [3.8, 4) is 11.6 Å². The SMILES string of the molecule is CCNC(=NCc1ccc(Oc2ccc(F)cc2)nc1)NCC1CCCN1CC.I. The highest BCUT2D eigenvalue weighted by molar-refractivity contribution is 14.0. The molecule has 8 heteroatoms. The summed E-state index contributed by atoms with van der Waals surface area (Å²) < 4.78 is 18.6. The van der Waals surface area contributed by atoms with Gasteiger partial charge in [0.25, 0.3) is 0 Å². The van der Waals surface area contributed by atoms with E-state index < -0.39 is 0 Å². The Hall–Kier alpha value is -1.94. The van der Waals surface area contributed by atoms with Crippen molar-refractivity contribution in [3.05, 3.63) is 54.0 Å². The third kappa shape index (κ3) is 7.39. The minimum absolute atomic E-state index is 0. The lowest BCUT2D eigenvalue weighted by atomic mass is 10.2. The zero-order chi connectivity index (χ0) is 20.5. The number of guanidine groups is 1. The van der Waals surface area contributed by atoms with E-state index in [0.717, 1.165) is 31.2 Å². The number of ether oxygens (including phenoxy) is 1. The zero-order valence-electron chi connectivity index (χ0n) is 17.6. The van der Waals surface area contributed by atoms with E-state index in [-0.39, 0.29) is 29.8 Å². The fourth-order valence-electron chi connectivity index (χ4n) is 3.46. The van der Waals surface area contributed by atoms with E-state index >= 15 is 0 Å². The van der Waals surface area contributed by atoms with E-state index in [1.807, 2.05) is 6.07 Å². The second-order valence-corrected chi connectivity index (χ2v) is 7.06. The van der Waals surface area contributed by atoms with E-state index in [2.05, 4.69) is 39.4 Å². The monoisotopic (exact) mass is 527 g/mol. The average molecular weight is 527 g/mol. The number of nitrogens with zero attached hydrogens (tertiary/aromatic N) is 3. The topological polar surface area (TPSA) is 61.8 Å². The summed E-state index contributed by atoms with van der Waals surface area (Å²) in [4.78, 5) is 11.5. The lowest BCUT2D eigenvalue weighted by molar-refractivity contribution is 0.267. The van der Waals surface area contributed by atoms with Gasteiger partial charge in [-0.1, -0.05) is 13.0 Å². The van der Waals surface area contributed by atoms with Gasteiger partial charge in [-0.25, -0.2) is 14.4 Å². The van der Waals surface area contributed by atoms with Crippen LogP contribution in [0.5, 0.6) is 11.6 Å². The zero-order valence-corrected chi connectivity index (χ0v) is 19.9. The molecular formula is C22H31FIN5O. The Morgan fingerprint density at radius 2 is 2.00 bits per heavy atom. The molecule has 30 heavy (non-hydrogen) atoms. The van der Waals surface area contributed by atoms with Gasteiger partial charge in [0.05, 0.1) is 6.54 Å². The second-order valence-electron chi connectivity index (χ2n) is 7.06. The van der Waals surface area contributed by atoms with Crippen LogP contribution in [0.2, 0.25) is 0 Å². The van der Waals surface area contributed by atoms with Crippen LogP contribution >= 0.6 is 24.0 Å². The second kappa shape index (κ2) is 12.7. The summed E-state index contributed by atoms with van der Waals surface area (Å²) in [5.41, 5.74) is 0.990. The predicted octanol–water partition coefficient (Wildman–Crippen LogP) is 4.17. The molecule has 3 rings (SSSR count). The van der Waals surface area contributed by atoms with Crippen LogP contribution in [-0.2, 0) is 6.54 Å². The number of hydrogen-bond acceptors (Lipinski definition) is 4. The standard InChI is InChI=1S/C22H30FN5O.HI/c1-3-24-22(27-16-19-6-5-13-28(19)4-2)26-15-17-7-12-21(25-14-17)29-20-10-8-18(23)9-11-20;/h7-12,14,19H,3-6,13,15-16H2,1-2H3,(H2,24,26,27);1H. The molecule has 0 radical (unpaired) electrons. The lowest BCUT2D eigenvalue weighted by Gasteiger charge is -2.24. The van der Waals surface area contributed by atoms with Crippen LogP contribution in [0.1, 0.15) is 32.3 Å².